The molecule has 110 valence electrons. The van der Waals surface area contributed by atoms with E-state index in [1.165, 1.54) is 0 Å². The number of hydrogen-bond acceptors (Lipinski definition) is 4. The summed E-state index contributed by atoms with van der Waals surface area (Å²) in [5.41, 5.74) is 4.75. The van der Waals surface area contributed by atoms with E-state index in [9.17, 15) is 14.7 Å². The summed E-state index contributed by atoms with van der Waals surface area (Å²) < 4.78 is 0. The molecule has 0 aromatic heterocycles. The molecule has 1 fully saturated rings. The maximum Gasteiger partial charge on any atom is 0.303 e. The average Bonchev–Trinajstić information content (AvgIpc) is 2.37. The molecule has 1 rings (SSSR count). The summed E-state index contributed by atoms with van der Waals surface area (Å²) in [6.07, 6.45) is 3.25. The highest BCUT2D eigenvalue weighted by Gasteiger charge is 2.32. The lowest BCUT2D eigenvalue weighted by Gasteiger charge is -2.35. The van der Waals surface area contributed by atoms with Crippen LogP contribution in [0.2, 0.25) is 0 Å². The zero-order chi connectivity index (χ0) is 14.5. The highest BCUT2D eigenvalue weighted by atomic mass is 16.4. The monoisotopic (exact) mass is 272 g/mol. The Morgan fingerprint density at radius 3 is 2.53 bits per heavy atom. The number of carboxylic acid groups (broad SMARTS) is 1. The number of amides is 1. The quantitative estimate of drug-likeness (QED) is 0.553. The fraction of sp³-hybridized carbons (Fsp3) is 0.846. The number of hydrogen-bond donors (Lipinski definition) is 4. The molecule has 0 aliphatic heterocycles. The fourth-order valence-electron chi connectivity index (χ4n) is 2.27. The predicted octanol–water partition coefficient (Wildman–Crippen LogP) is 0.236. The van der Waals surface area contributed by atoms with Gasteiger partial charge in [-0.25, -0.2) is 0 Å². The Hall–Kier alpha value is -1.14. The number of carbonyl (C=O) groups is 2. The largest absolute Gasteiger partial charge is 0.481 e. The minimum absolute atomic E-state index is 0.108. The maximum absolute atomic E-state index is 11.7. The van der Waals surface area contributed by atoms with Crippen LogP contribution in [-0.4, -0.2) is 40.3 Å². The molecule has 1 aliphatic rings. The van der Waals surface area contributed by atoms with E-state index in [0.29, 0.717) is 18.8 Å². The topological polar surface area (TPSA) is 113 Å². The van der Waals surface area contributed by atoms with Gasteiger partial charge in [0.15, 0.2) is 0 Å². The summed E-state index contributed by atoms with van der Waals surface area (Å²) in [4.78, 5) is 22.1. The number of aliphatic carboxylic acids is 1. The predicted molar refractivity (Wildman–Crippen MR) is 70.4 cm³/mol. The van der Waals surface area contributed by atoms with Crippen molar-refractivity contribution in [3.63, 3.8) is 0 Å². The minimum atomic E-state index is -0.969. The first-order chi connectivity index (χ1) is 8.82. The summed E-state index contributed by atoms with van der Waals surface area (Å²) in [5, 5.41) is 21.4. The SMILES string of the molecule is CC1CCC(O)(CNC(=O)C(N)CCC(=O)O)CC1. The van der Waals surface area contributed by atoms with Gasteiger partial charge in [0.05, 0.1) is 11.6 Å². The second kappa shape index (κ2) is 6.86. The zero-order valence-corrected chi connectivity index (χ0v) is 11.4. The van der Waals surface area contributed by atoms with Crippen LogP contribution in [0.15, 0.2) is 0 Å². The minimum Gasteiger partial charge on any atom is -0.481 e. The Labute approximate surface area is 113 Å². The molecule has 1 amide bonds. The van der Waals surface area contributed by atoms with E-state index >= 15 is 0 Å². The molecule has 0 bridgehead atoms. The van der Waals surface area contributed by atoms with Gasteiger partial charge in [-0.1, -0.05) is 6.92 Å². The molecule has 0 aromatic carbocycles. The molecule has 1 aliphatic carbocycles. The number of rotatable bonds is 6. The molecule has 1 saturated carbocycles. The normalized spacial score (nSPS) is 28.7. The van der Waals surface area contributed by atoms with E-state index in [1.807, 2.05) is 0 Å². The van der Waals surface area contributed by atoms with Gasteiger partial charge >= 0.3 is 5.97 Å². The summed E-state index contributed by atoms with van der Waals surface area (Å²) in [5.74, 6) is -0.745. The van der Waals surface area contributed by atoms with Gasteiger partial charge in [-0.3, -0.25) is 9.59 Å². The number of nitrogens with two attached hydrogens (primary N) is 1. The zero-order valence-electron chi connectivity index (χ0n) is 11.4. The smallest absolute Gasteiger partial charge is 0.303 e. The Balaban J connectivity index is 2.31. The van der Waals surface area contributed by atoms with Gasteiger partial charge in [-0.2, -0.15) is 0 Å². The van der Waals surface area contributed by atoms with E-state index in [1.54, 1.807) is 0 Å². The van der Waals surface area contributed by atoms with Gasteiger partial charge in [0.2, 0.25) is 5.91 Å². The van der Waals surface area contributed by atoms with Crippen LogP contribution in [0.25, 0.3) is 0 Å². The van der Waals surface area contributed by atoms with Crippen molar-refractivity contribution in [3.8, 4) is 0 Å². The summed E-state index contributed by atoms with van der Waals surface area (Å²) in [7, 11) is 0. The van der Waals surface area contributed by atoms with Crippen LogP contribution in [0.4, 0.5) is 0 Å². The van der Waals surface area contributed by atoms with E-state index in [-0.39, 0.29) is 19.4 Å². The Morgan fingerprint density at radius 2 is 2.00 bits per heavy atom. The number of carboxylic acids is 1. The maximum atomic E-state index is 11.7. The summed E-state index contributed by atoms with van der Waals surface area (Å²) >= 11 is 0. The fourth-order valence-corrected chi connectivity index (χ4v) is 2.27. The number of aliphatic hydroxyl groups is 1. The van der Waals surface area contributed by atoms with Gasteiger partial charge in [0.1, 0.15) is 0 Å². The third kappa shape index (κ3) is 5.57. The van der Waals surface area contributed by atoms with E-state index in [2.05, 4.69) is 12.2 Å². The molecule has 0 heterocycles. The Morgan fingerprint density at radius 1 is 1.42 bits per heavy atom. The molecule has 19 heavy (non-hydrogen) atoms. The molecule has 5 N–H and O–H groups in total. The van der Waals surface area contributed by atoms with Crippen LogP contribution in [-0.2, 0) is 9.59 Å². The second-order valence-electron chi connectivity index (χ2n) is 5.66. The lowest BCUT2D eigenvalue weighted by Crippen LogP contribution is -2.49. The second-order valence-corrected chi connectivity index (χ2v) is 5.66. The van der Waals surface area contributed by atoms with Gasteiger partial charge in [0, 0.05) is 13.0 Å². The van der Waals surface area contributed by atoms with Crippen LogP contribution in [0, 0.1) is 5.92 Å². The first kappa shape index (κ1) is 15.9. The molecule has 0 spiro atoms. The molecular weight excluding hydrogens is 248 g/mol. The van der Waals surface area contributed by atoms with Crippen molar-refractivity contribution in [2.45, 2.75) is 57.1 Å². The lowest BCUT2D eigenvalue weighted by atomic mass is 9.79. The third-order valence-electron chi connectivity index (χ3n) is 3.80. The number of carbonyl (C=O) groups excluding carboxylic acids is 1. The van der Waals surface area contributed by atoms with Crippen molar-refractivity contribution < 1.29 is 19.8 Å². The summed E-state index contributed by atoms with van der Waals surface area (Å²) in [6.45, 7) is 2.35. The Kier molecular flexibility index (Phi) is 5.75. The van der Waals surface area contributed by atoms with Crippen LogP contribution >= 0.6 is 0 Å². The highest BCUT2D eigenvalue weighted by Crippen LogP contribution is 2.31. The van der Waals surface area contributed by atoms with E-state index in [0.717, 1.165) is 12.8 Å². The van der Waals surface area contributed by atoms with Gasteiger partial charge in [-0.05, 0) is 38.0 Å². The van der Waals surface area contributed by atoms with Crippen LogP contribution < -0.4 is 11.1 Å². The standard InChI is InChI=1S/C13H24N2O4/c1-9-4-6-13(19,7-5-9)8-15-12(18)10(14)2-3-11(16)17/h9-10,19H,2-8,14H2,1H3,(H,15,18)(H,16,17). The van der Waals surface area contributed by atoms with Gasteiger partial charge in [0.25, 0.3) is 0 Å². The van der Waals surface area contributed by atoms with Gasteiger partial charge < -0.3 is 21.3 Å². The third-order valence-corrected chi connectivity index (χ3v) is 3.80. The first-order valence-electron chi connectivity index (χ1n) is 6.80. The highest BCUT2D eigenvalue weighted by molar-refractivity contribution is 5.82. The van der Waals surface area contributed by atoms with Crippen molar-refractivity contribution in [1.29, 1.82) is 0 Å². The van der Waals surface area contributed by atoms with E-state index < -0.39 is 23.5 Å². The molecule has 6 nitrogen and oxygen atoms in total. The first-order valence-corrected chi connectivity index (χ1v) is 6.80. The van der Waals surface area contributed by atoms with Crippen LogP contribution in [0.3, 0.4) is 0 Å². The van der Waals surface area contributed by atoms with Crippen molar-refractivity contribution in [2.75, 3.05) is 6.54 Å². The molecule has 6 heteroatoms. The van der Waals surface area contributed by atoms with Crippen molar-refractivity contribution in [3.05, 3.63) is 0 Å². The van der Waals surface area contributed by atoms with Gasteiger partial charge in [-0.15, -0.1) is 0 Å². The van der Waals surface area contributed by atoms with E-state index in [4.69, 9.17) is 10.8 Å². The lowest BCUT2D eigenvalue weighted by molar-refractivity contribution is -0.137. The molecular formula is C13H24N2O4. The average molecular weight is 272 g/mol. The van der Waals surface area contributed by atoms with Crippen LogP contribution in [0.5, 0.6) is 0 Å². The van der Waals surface area contributed by atoms with Crippen molar-refractivity contribution >= 4 is 11.9 Å². The molecule has 1 atom stereocenters. The molecule has 0 radical (unpaired) electrons. The molecule has 0 saturated heterocycles. The summed E-state index contributed by atoms with van der Waals surface area (Å²) in [6, 6.07) is -0.831. The Bertz CT molecular complexity index is 325. The molecule has 0 aromatic rings. The number of nitrogens with one attached hydrogen (secondary N) is 1. The van der Waals surface area contributed by atoms with Crippen LogP contribution in [0.1, 0.15) is 45.4 Å². The molecule has 1 unspecified atom stereocenters. The van der Waals surface area contributed by atoms with Crippen molar-refractivity contribution in [1.82, 2.24) is 5.32 Å². The van der Waals surface area contributed by atoms with Crippen molar-refractivity contribution in [2.24, 2.45) is 11.7 Å².